The molecule has 4 heteroatoms. The summed E-state index contributed by atoms with van der Waals surface area (Å²) >= 11 is 0. The summed E-state index contributed by atoms with van der Waals surface area (Å²) in [6.07, 6.45) is 8.19. The minimum absolute atomic E-state index is 0.499. The maximum Gasteiger partial charge on any atom is 0.0360 e. The van der Waals surface area contributed by atoms with E-state index in [4.69, 9.17) is 10.7 Å². The van der Waals surface area contributed by atoms with Gasteiger partial charge in [0.1, 0.15) is 0 Å². The first-order chi connectivity index (χ1) is 10.7. The fourth-order valence-corrected chi connectivity index (χ4v) is 3.86. The summed E-state index contributed by atoms with van der Waals surface area (Å²) in [7, 11) is 2.06. The molecule has 126 valence electrons. The third-order valence-corrected chi connectivity index (χ3v) is 5.40. The van der Waals surface area contributed by atoms with Gasteiger partial charge in [0.05, 0.1) is 0 Å². The van der Waals surface area contributed by atoms with E-state index in [-0.39, 0.29) is 0 Å². The van der Waals surface area contributed by atoms with Crippen LogP contribution < -0.4 is 16.4 Å². The molecule has 1 aliphatic heterocycles. The van der Waals surface area contributed by atoms with Crippen LogP contribution in [0.25, 0.3) is 0 Å². The zero-order valence-corrected chi connectivity index (χ0v) is 14.5. The van der Waals surface area contributed by atoms with Gasteiger partial charge in [-0.25, -0.2) is 0 Å². The molecule has 4 atom stereocenters. The van der Waals surface area contributed by atoms with Crippen LogP contribution in [0.1, 0.15) is 33.1 Å². The lowest BCUT2D eigenvalue weighted by Crippen LogP contribution is -2.48. The molecule has 1 saturated heterocycles. The van der Waals surface area contributed by atoms with Crippen LogP contribution in [0.2, 0.25) is 0 Å². The Labute approximate surface area is 136 Å². The molecule has 0 amide bonds. The Morgan fingerprint density at radius 1 is 1.45 bits per heavy atom. The van der Waals surface area contributed by atoms with E-state index < -0.39 is 0 Å². The summed E-state index contributed by atoms with van der Waals surface area (Å²) in [6.45, 7) is 8.45. The normalized spacial score (nSPS) is 29.2. The van der Waals surface area contributed by atoms with Gasteiger partial charge in [0.15, 0.2) is 0 Å². The van der Waals surface area contributed by atoms with Crippen molar-refractivity contribution in [1.82, 2.24) is 10.6 Å². The topological polar surface area (TPSA) is 62.4 Å². The van der Waals surface area contributed by atoms with Crippen LogP contribution in [-0.4, -0.2) is 45.0 Å². The van der Waals surface area contributed by atoms with Crippen molar-refractivity contribution in [3.63, 3.8) is 0 Å². The molecule has 0 aromatic carbocycles. The molecule has 4 N–H and O–H groups in total. The smallest absolute Gasteiger partial charge is 0.0360 e. The summed E-state index contributed by atoms with van der Waals surface area (Å²) in [6, 6.07) is 0.588. The van der Waals surface area contributed by atoms with Crippen LogP contribution in [0.15, 0.2) is 17.1 Å². The molecule has 0 spiro atoms. The Morgan fingerprint density at radius 2 is 2.23 bits per heavy atom. The van der Waals surface area contributed by atoms with E-state index in [2.05, 4.69) is 43.7 Å². The minimum atomic E-state index is 0.499. The van der Waals surface area contributed by atoms with Crippen molar-refractivity contribution >= 4 is 5.71 Å². The van der Waals surface area contributed by atoms with E-state index >= 15 is 0 Å². The number of nitrogens with one attached hydrogen (secondary N) is 2. The van der Waals surface area contributed by atoms with E-state index in [0.717, 1.165) is 38.5 Å². The Kier molecular flexibility index (Phi) is 7.06. The first-order valence-electron chi connectivity index (χ1n) is 8.98. The zero-order chi connectivity index (χ0) is 15.9. The number of allylic oxidation sites excluding steroid dienone is 1. The van der Waals surface area contributed by atoms with Crippen molar-refractivity contribution in [1.29, 1.82) is 0 Å². The molecule has 0 bridgehead atoms. The van der Waals surface area contributed by atoms with Crippen LogP contribution in [0.4, 0.5) is 0 Å². The molecule has 0 saturated carbocycles. The van der Waals surface area contributed by atoms with Gasteiger partial charge in [-0.2, -0.15) is 0 Å². The predicted molar refractivity (Wildman–Crippen MR) is 95.4 cm³/mol. The molecule has 0 radical (unpaired) electrons. The largest absolute Gasteiger partial charge is 0.330 e. The lowest BCUT2D eigenvalue weighted by atomic mass is 9.76. The van der Waals surface area contributed by atoms with E-state index in [9.17, 15) is 0 Å². The molecule has 22 heavy (non-hydrogen) atoms. The van der Waals surface area contributed by atoms with E-state index in [0.29, 0.717) is 23.8 Å². The van der Waals surface area contributed by atoms with Crippen LogP contribution in [-0.2, 0) is 0 Å². The summed E-state index contributed by atoms with van der Waals surface area (Å²) in [5.41, 5.74) is 7.43. The Hall–Kier alpha value is -0.710. The molecule has 0 aromatic rings. The SMILES string of the molecule is CC/N=C(\C(C)CC(CN)C1CNC1)C1C=CCC(NC)C1. The van der Waals surface area contributed by atoms with Crippen LogP contribution in [0.5, 0.6) is 0 Å². The van der Waals surface area contributed by atoms with Gasteiger partial charge in [0.25, 0.3) is 0 Å². The number of rotatable bonds is 8. The standard InChI is InChI=1S/C18H34N4/c1-4-22-18(14-6-5-7-17(9-14)20-3)13(2)8-15(10-19)16-11-21-12-16/h5-6,13-17,20-21H,4,7-12,19H2,1-3H3/b22-18+. The molecule has 2 rings (SSSR count). The van der Waals surface area contributed by atoms with E-state index in [1.54, 1.807) is 0 Å². The summed E-state index contributed by atoms with van der Waals surface area (Å²) in [4.78, 5) is 4.89. The molecule has 2 aliphatic rings. The molecule has 4 nitrogen and oxygen atoms in total. The zero-order valence-electron chi connectivity index (χ0n) is 14.5. The van der Waals surface area contributed by atoms with Crippen molar-refractivity contribution in [3.05, 3.63) is 12.2 Å². The monoisotopic (exact) mass is 306 g/mol. The number of hydrogen-bond acceptors (Lipinski definition) is 4. The first-order valence-corrected chi connectivity index (χ1v) is 8.98. The number of hydrogen-bond donors (Lipinski definition) is 3. The van der Waals surface area contributed by atoms with Gasteiger partial charge >= 0.3 is 0 Å². The van der Waals surface area contributed by atoms with Gasteiger partial charge in [-0.05, 0) is 70.6 Å². The second-order valence-electron chi connectivity index (χ2n) is 6.94. The molecule has 1 aliphatic carbocycles. The minimum Gasteiger partial charge on any atom is -0.330 e. The van der Waals surface area contributed by atoms with Crippen molar-refractivity contribution < 1.29 is 0 Å². The third-order valence-electron chi connectivity index (χ3n) is 5.40. The highest BCUT2D eigenvalue weighted by atomic mass is 15.0. The van der Waals surface area contributed by atoms with E-state index in [1.165, 1.54) is 18.6 Å². The second kappa shape index (κ2) is 8.80. The van der Waals surface area contributed by atoms with Crippen LogP contribution in [0.3, 0.4) is 0 Å². The highest BCUT2D eigenvalue weighted by Crippen LogP contribution is 2.29. The molecular weight excluding hydrogens is 272 g/mol. The third kappa shape index (κ3) is 4.40. The maximum absolute atomic E-state index is 6.04. The van der Waals surface area contributed by atoms with Crippen molar-refractivity contribution in [3.8, 4) is 0 Å². The number of nitrogens with two attached hydrogens (primary N) is 1. The lowest BCUT2D eigenvalue weighted by Gasteiger charge is -2.36. The molecule has 0 aromatic heterocycles. The highest BCUT2D eigenvalue weighted by Gasteiger charge is 2.30. The second-order valence-corrected chi connectivity index (χ2v) is 6.94. The average molecular weight is 306 g/mol. The predicted octanol–water partition coefficient (Wildman–Crippen LogP) is 1.82. The van der Waals surface area contributed by atoms with Crippen molar-refractivity contribution in [2.75, 3.05) is 33.2 Å². The highest BCUT2D eigenvalue weighted by molar-refractivity contribution is 5.90. The van der Waals surface area contributed by atoms with E-state index in [1.807, 2.05) is 0 Å². The molecule has 1 heterocycles. The fraction of sp³-hybridized carbons (Fsp3) is 0.833. The fourth-order valence-electron chi connectivity index (χ4n) is 3.86. The van der Waals surface area contributed by atoms with Crippen LogP contribution in [0, 0.1) is 23.7 Å². The van der Waals surface area contributed by atoms with Gasteiger partial charge in [-0.1, -0.05) is 19.1 Å². The summed E-state index contributed by atoms with van der Waals surface area (Å²) in [5, 5.41) is 6.80. The summed E-state index contributed by atoms with van der Waals surface area (Å²) < 4.78 is 0. The first kappa shape index (κ1) is 17.6. The Balaban J connectivity index is 2.01. The average Bonchev–Trinajstić information content (AvgIpc) is 2.50. The van der Waals surface area contributed by atoms with Crippen molar-refractivity contribution in [2.45, 2.75) is 39.2 Å². The number of aliphatic imine (C=N–C) groups is 1. The number of nitrogens with zero attached hydrogens (tertiary/aromatic N) is 1. The van der Waals surface area contributed by atoms with Gasteiger partial charge in [-0.3, -0.25) is 4.99 Å². The van der Waals surface area contributed by atoms with Crippen molar-refractivity contribution in [2.24, 2.45) is 34.4 Å². The Bertz CT molecular complexity index is 387. The molecule has 4 unspecified atom stereocenters. The quantitative estimate of drug-likeness (QED) is 0.473. The maximum atomic E-state index is 6.04. The van der Waals surface area contributed by atoms with Gasteiger partial charge in [-0.15, -0.1) is 0 Å². The van der Waals surface area contributed by atoms with Gasteiger partial charge in [0.2, 0.25) is 0 Å². The lowest BCUT2D eigenvalue weighted by molar-refractivity contribution is 0.217. The van der Waals surface area contributed by atoms with Gasteiger partial charge < -0.3 is 16.4 Å². The summed E-state index contributed by atoms with van der Waals surface area (Å²) in [5.74, 6) is 2.42. The molecule has 1 fully saturated rings. The van der Waals surface area contributed by atoms with Crippen LogP contribution >= 0.6 is 0 Å². The molecular formula is C18H34N4. The Morgan fingerprint density at radius 3 is 2.77 bits per heavy atom. The van der Waals surface area contributed by atoms with Gasteiger partial charge in [0, 0.05) is 24.2 Å².